The minimum Gasteiger partial charge on any atom is -0.497 e. The number of carboxylic acids is 1. The molecule has 0 aliphatic heterocycles. The maximum atomic E-state index is 12.5. The molecule has 5 heteroatoms. The average Bonchev–Trinajstić information content (AvgIpc) is 2.95. The van der Waals surface area contributed by atoms with Crippen molar-refractivity contribution in [3.63, 3.8) is 0 Å². The molecule has 168 valence electrons. The standard InChI is InChI=1S/C27H32N2O3/c1-3-19-10-12-20(13-11-19)18-29-25-16-22(32-2)14-15-23(25)24(26(29)27(30)31)17-28-21-8-6-4-5-7-9-21/h3,10-16,21,28H,1,4-9,17-18H2,2H3,(H,30,31). The van der Waals surface area contributed by atoms with Gasteiger partial charge in [0.2, 0.25) is 0 Å². The summed E-state index contributed by atoms with van der Waals surface area (Å²) >= 11 is 0. The van der Waals surface area contributed by atoms with Crippen molar-refractivity contribution in [2.45, 2.75) is 57.7 Å². The predicted octanol–water partition coefficient (Wildman–Crippen LogP) is 5.85. The van der Waals surface area contributed by atoms with E-state index >= 15 is 0 Å². The summed E-state index contributed by atoms with van der Waals surface area (Å²) in [7, 11) is 1.63. The summed E-state index contributed by atoms with van der Waals surface area (Å²) in [5.74, 6) is -0.181. The molecular weight excluding hydrogens is 400 g/mol. The van der Waals surface area contributed by atoms with Gasteiger partial charge in [-0.15, -0.1) is 0 Å². The van der Waals surface area contributed by atoms with Crippen LogP contribution < -0.4 is 10.1 Å². The van der Waals surface area contributed by atoms with Gasteiger partial charge in [0.1, 0.15) is 11.4 Å². The van der Waals surface area contributed by atoms with Crippen LogP contribution in [0.3, 0.4) is 0 Å². The maximum Gasteiger partial charge on any atom is 0.352 e. The van der Waals surface area contributed by atoms with Gasteiger partial charge in [-0.1, -0.05) is 62.6 Å². The molecule has 1 aliphatic carbocycles. The summed E-state index contributed by atoms with van der Waals surface area (Å²) in [5.41, 5.74) is 4.16. The Bertz CT molecular complexity index is 1090. The van der Waals surface area contributed by atoms with Crippen LogP contribution in [0.25, 0.3) is 17.0 Å². The van der Waals surface area contributed by atoms with Crippen LogP contribution in [0, 0.1) is 0 Å². The highest BCUT2D eigenvalue weighted by molar-refractivity contribution is 5.98. The Morgan fingerprint density at radius 1 is 1.16 bits per heavy atom. The highest BCUT2D eigenvalue weighted by Gasteiger charge is 2.24. The highest BCUT2D eigenvalue weighted by atomic mass is 16.5. The highest BCUT2D eigenvalue weighted by Crippen LogP contribution is 2.31. The van der Waals surface area contributed by atoms with Gasteiger partial charge in [-0.05, 0) is 36.1 Å². The molecule has 0 saturated heterocycles. The topological polar surface area (TPSA) is 63.5 Å². The summed E-state index contributed by atoms with van der Waals surface area (Å²) in [6.45, 7) is 4.84. The van der Waals surface area contributed by atoms with E-state index in [1.165, 1.54) is 25.7 Å². The van der Waals surface area contributed by atoms with E-state index in [0.29, 0.717) is 24.8 Å². The number of aromatic carboxylic acids is 1. The lowest BCUT2D eigenvalue weighted by molar-refractivity contribution is 0.0684. The summed E-state index contributed by atoms with van der Waals surface area (Å²) in [5, 5.41) is 14.9. The fraction of sp³-hybridized carbons (Fsp3) is 0.370. The number of aromatic nitrogens is 1. The number of carbonyl (C=O) groups is 1. The maximum absolute atomic E-state index is 12.5. The fourth-order valence-corrected chi connectivity index (χ4v) is 4.79. The number of rotatable bonds is 8. The Morgan fingerprint density at radius 3 is 2.50 bits per heavy atom. The van der Waals surface area contributed by atoms with Gasteiger partial charge in [0.25, 0.3) is 0 Å². The van der Waals surface area contributed by atoms with E-state index in [2.05, 4.69) is 11.9 Å². The first-order valence-electron chi connectivity index (χ1n) is 11.5. The molecule has 1 heterocycles. The molecule has 1 saturated carbocycles. The second-order valence-electron chi connectivity index (χ2n) is 8.62. The average molecular weight is 433 g/mol. The first-order chi connectivity index (χ1) is 15.6. The molecule has 0 amide bonds. The second-order valence-corrected chi connectivity index (χ2v) is 8.62. The number of ether oxygens (including phenoxy) is 1. The van der Waals surface area contributed by atoms with Gasteiger partial charge < -0.3 is 19.7 Å². The molecule has 32 heavy (non-hydrogen) atoms. The fourth-order valence-electron chi connectivity index (χ4n) is 4.79. The molecule has 0 atom stereocenters. The molecule has 0 bridgehead atoms. The third-order valence-corrected chi connectivity index (χ3v) is 6.56. The van der Waals surface area contributed by atoms with Gasteiger partial charge in [-0.3, -0.25) is 0 Å². The quantitative estimate of drug-likeness (QED) is 0.438. The summed E-state index contributed by atoms with van der Waals surface area (Å²) < 4.78 is 7.36. The van der Waals surface area contributed by atoms with Gasteiger partial charge in [0.15, 0.2) is 0 Å². The van der Waals surface area contributed by atoms with Crippen molar-refractivity contribution in [1.29, 1.82) is 0 Å². The van der Waals surface area contributed by atoms with E-state index in [1.54, 1.807) is 13.2 Å². The molecule has 4 rings (SSSR count). The van der Waals surface area contributed by atoms with Crippen LogP contribution in [0.15, 0.2) is 49.0 Å². The first kappa shape index (κ1) is 22.2. The van der Waals surface area contributed by atoms with Gasteiger partial charge >= 0.3 is 5.97 Å². The lowest BCUT2D eigenvalue weighted by atomic mass is 10.1. The van der Waals surface area contributed by atoms with Crippen LogP contribution in [-0.2, 0) is 13.1 Å². The van der Waals surface area contributed by atoms with E-state index in [1.807, 2.05) is 47.0 Å². The van der Waals surface area contributed by atoms with Crippen LogP contribution in [0.5, 0.6) is 5.75 Å². The van der Waals surface area contributed by atoms with Crippen molar-refractivity contribution in [2.24, 2.45) is 0 Å². The number of fused-ring (bicyclic) bond motifs is 1. The zero-order chi connectivity index (χ0) is 22.5. The molecule has 2 aromatic carbocycles. The van der Waals surface area contributed by atoms with Crippen LogP contribution in [-0.4, -0.2) is 28.8 Å². The molecule has 5 nitrogen and oxygen atoms in total. The predicted molar refractivity (Wildman–Crippen MR) is 129 cm³/mol. The molecule has 2 N–H and O–H groups in total. The molecule has 1 fully saturated rings. The third kappa shape index (κ3) is 4.73. The van der Waals surface area contributed by atoms with Crippen LogP contribution in [0.1, 0.15) is 65.7 Å². The van der Waals surface area contributed by atoms with Gasteiger partial charge in [-0.2, -0.15) is 0 Å². The van der Waals surface area contributed by atoms with Crippen molar-refractivity contribution in [2.75, 3.05) is 7.11 Å². The van der Waals surface area contributed by atoms with Crippen LogP contribution >= 0.6 is 0 Å². The Morgan fingerprint density at radius 2 is 1.88 bits per heavy atom. The largest absolute Gasteiger partial charge is 0.497 e. The number of hydrogen-bond donors (Lipinski definition) is 2. The smallest absolute Gasteiger partial charge is 0.352 e. The Hall–Kier alpha value is -3.05. The van der Waals surface area contributed by atoms with E-state index in [9.17, 15) is 9.90 Å². The molecular formula is C27H32N2O3. The van der Waals surface area contributed by atoms with Crippen LogP contribution in [0.2, 0.25) is 0 Å². The van der Waals surface area contributed by atoms with Gasteiger partial charge in [-0.25, -0.2) is 4.79 Å². The molecule has 0 radical (unpaired) electrons. The van der Waals surface area contributed by atoms with Crippen molar-refractivity contribution in [3.05, 3.63) is 71.4 Å². The van der Waals surface area contributed by atoms with E-state index in [-0.39, 0.29) is 0 Å². The van der Waals surface area contributed by atoms with E-state index < -0.39 is 5.97 Å². The number of nitrogens with zero attached hydrogens (tertiary/aromatic N) is 1. The van der Waals surface area contributed by atoms with Crippen molar-refractivity contribution in [1.82, 2.24) is 9.88 Å². The Labute approximate surface area is 189 Å². The van der Waals surface area contributed by atoms with Crippen LogP contribution in [0.4, 0.5) is 0 Å². The molecule has 1 aliphatic rings. The van der Waals surface area contributed by atoms with E-state index in [4.69, 9.17) is 4.74 Å². The number of carboxylic acid groups (broad SMARTS) is 1. The summed E-state index contributed by atoms with van der Waals surface area (Å²) in [6, 6.07) is 14.3. The number of benzene rings is 2. The minimum absolute atomic E-state index is 0.349. The zero-order valence-electron chi connectivity index (χ0n) is 18.8. The Kier molecular flexibility index (Phi) is 6.96. The minimum atomic E-state index is -0.902. The number of methoxy groups -OCH3 is 1. The monoisotopic (exact) mass is 432 g/mol. The van der Waals surface area contributed by atoms with Gasteiger partial charge in [0, 0.05) is 36.1 Å². The normalized spacial score (nSPS) is 14.9. The summed E-state index contributed by atoms with van der Waals surface area (Å²) in [4.78, 5) is 12.5. The van der Waals surface area contributed by atoms with Crippen molar-refractivity contribution < 1.29 is 14.6 Å². The number of hydrogen-bond acceptors (Lipinski definition) is 3. The lowest BCUT2D eigenvalue weighted by Crippen LogP contribution is -2.28. The second kappa shape index (κ2) is 10.0. The molecule has 3 aromatic rings. The van der Waals surface area contributed by atoms with Crippen molar-refractivity contribution in [3.8, 4) is 5.75 Å². The first-order valence-corrected chi connectivity index (χ1v) is 11.5. The lowest BCUT2D eigenvalue weighted by Gasteiger charge is -2.16. The Balaban J connectivity index is 1.75. The van der Waals surface area contributed by atoms with E-state index in [0.717, 1.165) is 46.2 Å². The molecule has 0 unspecified atom stereocenters. The third-order valence-electron chi connectivity index (χ3n) is 6.56. The molecule has 0 spiro atoms. The van der Waals surface area contributed by atoms with Crippen molar-refractivity contribution >= 4 is 22.9 Å². The molecule has 1 aromatic heterocycles. The summed E-state index contributed by atoms with van der Waals surface area (Å²) in [6.07, 6.45) is 9.19. The van der Waals surface area contributed by atoms with Gasteiger partial charge in [0.05, 0.1) is 12.6 Å². The zero-order valence-corrected chi connectivity index (χ0v) is 18.8. The number of nitrogens with one attached hydrogen (secondary N) is 1. The SMILES string of the molecule is C=Cc1ccc(Cn2c(C(=O)O)c(CNC3CCCCCC3)c3ccc(OC)cc32)cc1.